The smallest absolute Gasteiger partial charge is 0.269 e. The monoisotopic (exact) mass is 252 g/mol. The van der Waals surface area contributed by atoms with Gasteiger partial charge in [0, 0.05) is 12.7 Å². The Bertz CT molecular complexity index is 393. The number of rotatable bonds is 4. The average Bonchev–Trinajstić information content (AvgIpc) is 2.89. The van der Waals surface area contributed by atoms with Crippen LogP contribution in [0.1, 0.15) is 16.9 Å². The van der Waals surface area contributed by atoms with Gasteiger partial charge < -0.3 is 10.7 Å². The van der Waals surface area contributed by atoms with Gasteiger partial charge >= 0.3 is 0 Å². The van der Waals surface area contributed by atoms with E-state index in [0.29, 0.717) is 17.3 Å². The minimum Gasteiger partial charge on any atom is -0.350 e. The van der Waals surface area contributed by atoms with Crippen LogP contribution in [0, 0.1) is 5.92 Å². The van der Waals surface area contributed by atoms with E-state index in [1.807, 2.05) is 11.8 Å². The van der Waals surface area contributed by atoms with Crippen molar-refractivity contribution in [3.63, 3.8) is 0 Å². The number of nitrogens with zero attached hydrogens (tertiary/aromatic N) is 1. The Morgan fingerprint density at radius 1 is 1.65 bits per heavy atom. The first-order chi connectivity index (χ1) is 8.29. The summed E-state index contributed by atoms with van der Waals surface area (Å²) in [7, 11) is 0. The van der Waals surface area contributed by atoms with Crippen molar-refractivity contribution in [3.8, 4) is 0 Å². The topological polar surface area (TPSA) is 80.0 Å². The lowest BCUT2D eigenvalue weighted by Crippen LogP contribution is -2.30. The fourth-order valence-electron chi connectivity index (χ4n) is 1.72. The first-order valence-corrected chi connectivity index (χ1v) is 6.73. The summed E-state index contributed by atoms with van der Waals surface area (Å²) < 4.78 is 0. The molecule has 1 amide bonds. The van der Waals surface area contributed by atoms with Crippen molar-refractivity contribution in [2.24, 2.45) is 11.8 Å². The van der Waals surface area contributed by atoms with Crippen LogP contribution >= 0.6 is 11.8 Å². The first kappa shape index (κ1) is 12.2. The van der Waals surface area contributed by atoms with Crippen LogP contribution in [-0.2, 0) is 0 Å². The van der Waals surface area contributed by atoms with Gasteiger partial charge in [-0.3, -0.25) is 15.6 Å². The second-order valence-electron chi connectivity index (χ2n) is 4.01. The molecular formula is C11H16N4OS. The molecule has 1 aromatic rings. The highest BCUT2D eigenvalue weighted by molar-refractivity contribution is 7.99. The van der Waals surface area contributed by atoms with Crippen molar-refractivity contribution in [2.45, 2.75) is 6.42 Å². The van der Waals surface area contributed by atoms with Crippen molar-refractivity contribution >= 4 is 23.4 Å². The molecule has 0 bridgehead atoms. The van der Waals surface area contributed by atoms with Crippen molar-refractivity contribution in [2.75, 3.05) is 23.5 Å². The summed E-state index contributed by atoms with van der Waals surface area (Å²) in [6, 6.07) is 3.35. The van der Waals surface area contributed by atoms with Crippen molar-refractivity contribution in [1.29, 1.82) is 0 Å². The third-order valence-corrected chi connectivity index (χ3v) is 3.97. The van der Waals surface area contributed by atoms with Crippen LogP contribution in [0.3, 0.4) is 0 Å². The zero-order valence-corrected chi connectivity index (χ0v) is 10.3. The molecule has 1 aliphatic heterocycles. The molecule has 6 heteroatoms. The number of amides is 1. The third kappa shape index (κ3) is 3.34. The number of hydrogen-bond acceptors (Lipinski definition) is 5. The molecule has 92 valence electrons. The number of pyridine rings is 1. The highest BCUT2D eigenvalue weighted by Gasteiger charge is 2.17. The molecule has 1 aromatic heterocycles. The molecule has 0 aromatic carbocycles. The largest absolute Gasteiger partial charge is 0.350 e. The molecule has 0 saturated carbocycles. The van der Waals surface area contributed by atoms with Gasteiger partial charge in [0.25, 0.3) is 5.91 Å². The lowest BCUT2D eigenvalue weighted by molar-refractivity contribution is 0.0943. The Balaban J connectivity index is 1.89. The van der Waals surface area contributed by atoms with Crippen LogP contribution in [-0.4, -0.2) is 28.9 Å². The molecule has 17 heavy (non-hydrogen) atoms. The number of nitrogens with one attached hydrogen (secondary N) is 2. The molecule has 1 atom stereocenters. The molecule has 1 fully saturated rings. The maximum absolute atomic E-state index is 11.8. The van der Waals surface area contributed by atoms with Gasteiger partial charge in [-0.05, 0) is 36.0 Å². The number of thioether (sulfide) groups is 1. The molecule has 1 saturated heterocycles. The maximum atomic E-state index is 11.8. The zero-order chi connectivity index (χ0) is 12.1. The lowest BCUT2D eigenvalue weighted by atomic mass is 10.1. The average molecular weight is 252 g/mol. The Labute approximate surface area is 105 Å². The molecule has 5 nitrogen and oxygen atoms in total. The first-order valence-electron chi connectivity index (χ1n) is 5.58. The summed E-state index contributed by atoms with van der Waals surface area (Å²) in [6.07, 6.45) is 2.75. The van der Waals surface area contributed by atoms with Crippen LogP contribution in [0.4, 0.5) is 5.69 Å². The van der Waals surface area contributed by atoms with E-state index in [0.717, 1.165) is 12.3 Å². The fraction of sp³-hybridized carbons (Fsp3) is 0.455. The predicted octanol–water partition coefficient (Wildman–Crippen LogP) is 0.850. The van der Waals surface area contributed by atoms with Crippen LogP contribution < -0.4 is 16.6 Å². The molecule has 2 heterocycles. The number of anilines is 1. The normalized spacial score (nSPS) is 19.0. The highest BCUT2D eigenvalue weighted by Crippen LogP contribution is 2.22. The maximum Gasteiger partial charge on any atom is 0.269 e. The summed E-state index contributed by atoms with van der Waals surface area (Å²) >= 11 is 1.94. The van der Waals surface area contributed by atoms with Gasteiger partial charge in [0.2, 0.25) is 0 Å². The van der Waals surface area contributed by atoms with E-state index < -0.39 is 0 Å². The number of aromatic nitrogens is 1. The molecule has 0 radical (unpaired) electrons. The minimum atomic E-state index is -0.140. The zero-order valence-electron chi connectivity index (χ0n) is 9.48. The fourth-order valence-corrected chi connectivity index (χ4v) is 3.00. The van der Waals surface area contributed by atoms with Gasteiger partial charge in [0.15, 0.2) is 0 Å². The van der Waals surface area contributed by atoms with Gasteiger partial charge in [-0.25, -0.2) is 0 Å². The standard InChI is InChI=1S/C11H16N4OS/c12-15-9-1-3-13-10(5-9)11(16)14-6-8-2-4-17-7-8/h1,3,5,8H,2,4,6-7,12H2,(H,13,15)(H,14,16). The number of carbonyl (C=O) groups is 1. The quantitative estimate of drug-likeness (QED) is 0.547. The Kier molecular flexibility index (Phi) is 4.22. The second kappa shape index (κ2) is 5.88. The van der Waals surface area contributed by atoms with Crippen molar-refractivity contribution in [1.82, 2.24) is 10.3 Å². The summed E-state index contributed by atoms with van der Waals surface area (Å²) in [4.78, 5) is 15.8. The Hall–Kier alpha value is -1.27. The van der Waals surface area contributed by atoms with Gasteiger partial charge in [0.05, 0.1) is 5.69 Å². The third-order valence-electron chi connectivity index (χ3n) is 2.73. The molecular weight excluding hydrogens is 236 g/mol. The summed E-state index contributed by atoms with van der Waals surface area (Å²) in [5.41, 5.74) is 3.57. The van der Waals surface area contributed by atoms with Gasteiger partial charge in [0.1, 0.15) is 5.69 Å². The van der Waals surface area contributed by atoms with Gasteiger partial charge in [-0.15, -0.1) is 0 Å². The molecule has 2 rings (SSSR count). The number of carbonyl (C=O) groups excluding carboxylic acids is 1. The van der Waals surface area contributed by atoms with E-state index in [1.165, 1.54) is 12.2 Å². The molecule has 0 spiro atoms. The number of nitrogens with two attached hydrogens (primary N) is 1. The van der Waals surface area contributed by atoms with E-state index in [1.54, 1.807) is 18.3 Å². The van der Waals surface area contributed by atoms with Crippen LogP contribution in [0.2, 0.25) is 0 Å². The van der Waals surface area contributed by atoms with E-state index in [4.69, 9.17) is 5.84 Å². The van der Waals surface area contributed by atoms with E-state index in [9.17, 15) is 4.79 Å². The van der Waals surface area contributed by atoms with Crippen molar-refractivity contribution in [3.05, 3.63) is 24.0 Å². The SMILES string of the molecule is NNc1ccnc(C(=O)NCC2CCSC2)c1. The van der Waals surface area contributed by atoms with Crippen LogP contribution in [0.25, 0.3) is 0 Å². The number of hydrogen-bond donors (Lipinski definition) is 3. The number of nitrogen functional groups attached to an aromatic ring is 1. The highest BCUT2D eigenvalue weighted by atomic mass is 32.2. The molecule has 1 unspecified atom stereocenters. The molecule has 4 N–H and O–H groups in total. The van der Waals surface area contributed by atoms with Gasteiger partial charge in [-0.1, -0.05) is 0 Å². The summed E-state index contributed by atoms with van der Waals surface area (Å²) in [5, 5.41) is 2.91. The Morgan fingerprint density at radius 2 is 2.53 bits per heavy atom. The van der Waals surface area contributed by atoms with E-state index in [-0.39, 0.29) is 5.91 Å². The van der Waals surface area contributed by atoms with Crippen LogP contribution in [0.5, 0.6) is 0 Å². The van der Waals surface area contributed by atoms with Gasteiger partial charge in [-0.2, -0.15) is 11.8 Å². The lowest BCUT2D eigenvalue weighted by Gasteiger charge is -2.10. The predicted molar refractivity (Wildman–Crippen MR) is 69.8 cm³/mol. The minimum absolute atomic E-state index is 0.140. The van der Waals surface area contributed by atoms with Crippen molar-refractivity contribution < 1.29 is 4.79 Å². The van der Waals surface area contributed by atoms with E-state index >= 15 is 0 Å². The molecule has 0 aliphatic carbocycles. The summed E-state index contributed by atoms with van der Waals surface area (Å²) in [5.74, 6) is 8.07. The molecule has 1 aliphatic rings. The van der Waals surface area contributed by atoms with Crippen LogP contribution in [0.15, 0.2) is 18.3 Å². The number of hydrazine groups is 1. The second-order valence-corrected chi connectivity index (χ2v) is 5.16. The summed E-state index contributed by atoms with van der Waals surface area (Å²) in [6.45, 7) is 0.730. The Morgan fingerprint density at radius 3 is 3.24 bits per heavy atom. The van der Waals surface area contributed by atoms with E-state index in [2.05, 4.69) is 15.7 Å².